The van der Waals surface area contributed by atoms with Gasteiger partial charge in [-0.15, -0.1) is 0 Å². The minimum Gasteiger partial charge on any atom is -0.383 e. The second kappa shape index (κ2) is 8.52. The zero-order valence-electron chi connectivity index (χ0n) is 13.7. The fourth-order valence-electron chi connectivity index (χ4n) is 3.14. The molecule has 3 nitrogen and oxygen atoms in total. The number of methoxy groups -OCH3 is 1. The molecule has 0 radical (unpaired) electrons. The molecule has 1 aromatic carbocycles. The van der Waals surface area contributed by atoms with E-state index in [1.807, 2.05) is 0 Å². The smallest absolute Gasteiger partial charge is 0.0630 e. The SMILES string of the molecule is COCC(CNCC(C)C)N1CCC(c2ccccc2)C1. The maximum atomic E-state index is 5.43. The van der Waals surface area contributed by atoms with Crippen molar-refractivity contribution in [1.29, 1.82) is 0 Å². The van der Waals surface area contributed by atoms with Crippen molar-refractivity contribution in [2.24, 2.45) is 5.92 Å². The highest BCUT2D eigenvalue weighted by atomic mass is 16.5. The molecule has 0 spiro atoms. The molecule has 0 bridgehead atoms. The van der Waals surface area contributed by atoms with Crippen LogP contribution in [-0.2, 0) is 4.74 Å². The number of benzene rings is 1. The summed E-state index contributed by atoms with van der Waals surface area (Å²) in [6, 6.07) is 11.4. The van der Waals surface area contributed by atoms with Crippen LogP contribution < -0.4 is 5.32 Å². The van der Waals surface area contributed by atoms with Crippen molar-refractivity contribution < 1.29 is 4.74 Å². The number of rotatable bonds is 8. The zero-order chi connectivity index (χ0) is 15.1. The van der Waals surface area contributed by atoms with Gasteiger partial charge in [-0.3, -0.25) is 4.90 Å². The Morgan fingerprint density at radius 1 is 1.24 bits per heavy atom. The van der Waals surface area contributed by atoms with Gasteiger partial charge in [0.25, 0.3) is 0 Å². The van der Waals surface area contributed by atoms with E-state index in [-0.39, 0.29) is 0 Å². The second-order valence-electron chi connectivity index (χ2n) is 6.55. The summed E-state index contributed by atoms with van der Waals surface area (Å²) in [5, 5.41) is 3.58. The van der Waals surface area contributed by atoms with Crippen LogP contribution >= 0.6 is 0 Å². The van der Waals surface area contributed by atoms with Crippen LogP contribution in [0.4, 0.5) is 0 Å². The molecule has 2 atom stereocenters. The summed E-state index contributed by atoms with van der Waals surface area (Å²) in [7, 11) is 1.81. The Labute approximate surface area is 129 Å². The molecular formula is C18H30N2O. The molecule has 0 aromatic heterocycles. The Bertz CT molecular complexity index is 393. The van der Waals surface area contributed by atoms with E-state index in [0.717, 1.165) is 26.2 Å². The topological polar surface area (TPSA) is 24.5 Å². The van der Waals surface area contributed by atoms with Crippen LogP contribution in [-0.4, -0.2) is 50.8 Å². The Kier molecular flexibility index (Phi) is 6.68. The van der Waals surface area contributed by atoms with Crippen LogP contribution in [0.1, 0.15) is 31.7 Å². The monoisotopic (exact) mass is 290 g/mol. The lowest BCUT2D eigenvalue weighted by Gasteiger charge is -2.28. The zero-order valence-corrected chi connectivity index (χ0v) is 13.7. The minimum atomic E-state index is 0.488. The van der Waals surface area contributed by atoms with E-state index in [4.69, 9.17) is 4.74 Å². The molecule has 0 saturated carbocycles. The van der Waals surface area contributed by atoms with Gasteiger partial charge in [-0.1, -0.05) is 44.2 Å². The molecule has 1 N–H and O–H groups in total. The van der Waals surface area contributed by atoms with E-state index in [0.29, 0.717) is 17.9 Å². The van der Waals surface area contributed by atoms with Crippen LogP contribution in [0.2, 0.25) is 0 Å². The summed E-state index contributed by atoms with van der Waals surface area (Å²) in [4.78, 5) is 2.59. The summed E-state index contributed by atoms with van der Waals surface area (Å²) >= 11 is 0. The van der Waals surface area contributed by atoms with Crippen molar-refractivity contribution in [3.8, 4) is 0 Å². The molecule has 1 aliphatic rings. The maximum Gasteiger partial charge on any atom is 0.0630 e. The number of ether oxygens (including phenoxy) is 1. The molecule has 0 amide bonds. The first kappa shape index (κ1) is 16.5. The van der Waals surface area contributed by atoms with Crippen LogP contribution in [0.3, 0.4) is 0 Å². The lowest BCUT2D eigenvalue weighted by Crippen LogP contribution is -2.44. The predicted octanol–water partition coefficient (Wildman–Crippen LogP) is 2.74. The molecule has 1 aromatic rings. The Morgan fingerprint density at radius 2 is 2.00 bits per heavy atom. The summed E-state index contributed by atoms with van der Waals surface area (Å²) in [5.74, 6) is 1.37. The third-order valence-corrected chi connectivity index (χ3v) is 4.30. The molecule has 2 unspecified atom stereocenters. The van der Waals surface area contributed by atoms with Crippen molar-refractivity contribution in [2.45, 2.75) is 32.2 Å². The lowest BCUT2D eigenvalue weighted by molar-refractivity contribution is 0.103. The largest absolute Gasteiger partial charge is 0.383 e. The average Bonchev–Trinajstić information content (AvgIpc) is 2.97. The fraction of sp³-hybridized carbons (Fsp3) is 0.667. The normalized spacial score (nSPS) is 21.0. The van der Waals surface area contributed by atoms with Crippen LogP contribution in [0.5, 0.6) is 0 Å². The van der Waals surface area contributed by atoms with Crippen molar-refractivity contribution in [2.75, 3.05) is 39.9 Å². The van der Waals surface area contributed by atoms with Gasteiger partial charge in [0.1, 0.15) is 0 Å². The molecular weight excluding hydrogens is 260 g/mol. The molecule has 3 heteroatoms. The van der Waals surface area contributed by atoms with Crippen molar-refractivity contribution in [1.82, 2.24) is 10.2 Å². The number of hydrogen-bond acceptors (Lipinski definition) is 3. The first-order valence-electron chi connectivity index (χ1n) is 8.19. The van der Waals surface area contributed by atoms with Gasteiger partial charge in [0.2, 0.25) is 0 Å². The Morgan fingerprint density at radius 3 is 2.67 bits per heavy atom. The van der Waals surface area contributed by atoms with Crippen LogP contribution in [0.15, 0.2) is 30.3 Å². The third-order valence-electron chi connectivity index (χ3n) is 4.30. The molecule has 0 aliphatic carbocycles. The highest BCUT2D eigenvalue weighted by molar-refractivity contribution is 5.21. The molecule has 21 heavy (non-hydrogen) atoms. The van der Waals surface area contributed by atoms with Gasteiger partial charge in [-0.25, -0.2) is 0 Å². The molecule has 1 aliphatic heterocycles. The van der Waals surface area contributed by atoms with Gasteiger partial charge < -0.3 is 10.1 Å². The molecule has 1 saturated heterocycles. The summed E-state index contributed by atoms with van der Waals surface area (Å²) in [6.45, 7) is 9.74. The van der Waals surface area contributed by atoms with Crippen LogP contribution in [0.25, 0.3) is 0 Å². The van der Waals surface area contributed by atoms with Gasteiger partial charge in [0, 0.05) is 26.2 Å². The van der Waals surface area contributed by atoms with E-state index >= 15 is 0 Å². The lowest BCUT2D eigenvalue weighted by atomic mass is 9.99. The third kappa shape index (κ3) is 5.10. The first-order chi connectivity index (χ1) is 10.2. The number of likely N-dealkylation sites (tertiary alicyclic amines) is 1. The van der Waals surface area contributed by atoms with Crippen molar-refractivity contribution in [3.63, 3.8) is 0 Å². The van der Waals surface area contributed by atoms with E-state index in [1.165, 1.54) is 18.5 Å². The van der Waals surface area contributed by atoms with Crippen molar-refractivity contribution >= 4 is 0 Å². The highest BCUT2D eigenvalue weighted by Gasteiger charge is 2.28. The molecule has 1 fully saturated rings. The highest BCUT2D eigenvalue weighted by Crippen LogP contribution is 2.28. The maximum absolute atomic E-state index is 5.43. The molecule has 1 heterocycles. The van der Waals surface area contributed by atoms with E-state index < -0.39 is 0 Å². The van der Waals surface area contributed by atoms with Gasteiger partial charge in [-0.05, 0) is 36.9 Å². The van der Waals surface area contributed by atoms with Gasteiger partial charge in [0.15, 0.2) is 0 Å². The summed E-state index contributed by atoms with van der Waals surface area (Å²) in [6.07, 6.45) is 1.26. The van der Waals surface area contributed by atoms with E-state index in [9.17, 15) is 0 Å². The Balaban J connectivity index is 1.87. The minimum absolute atomic E-state index is 0.488. The van der Waals surface area contributed by atoms with Gasteiger partial charge in [-0.2, -0.15) is 0 Å². The molecule has 118 valence electrons. The first-order valence-corrected chi connectivity index (χ1v) is 8.19. The van der Waals surface area contributed by atoms with Gasteiger partial charge in [0.05, 0.1) is 6.61 Å². The Hall–Kier alpha value is -0.900. The van der Waals surface area contributed by atoms with Gasteiger partial charge >= 0.3 is 0 Å². The summed E-state index contributed by atoms with van der Waals surface area (Å²) < 4.78 is 5.43. The predicted molar refractivity (Wildman–Crippen MR) is 88.7 cm³/mol. The van der Waals surface area contributed by atoms with E-state index in [2.05, 4.69) is 54.4 Å². The average molecular weight is 290 g/mol. The summed E-state index contributed by atoms with van der Waals surface area (Å²) in [5.41, 5.74) is 1.48. The number of nitrogens with one attached hydrogen (secondary N) is 1. The molecule has 2 rings (SSSR count). The quantitative estimate of drug-likeness (QED) is 0.797. The van der Waals surface area contributed by atoms with E-state index in [1.54, 1.807) is 7.11 Å². The van der Waals surface area contributed by atoms with Crippen molar-refractivity contribution in [3.05, 3.63) is 35.9 Å². The fourth-order valence-corrected chi connectivity index (χ4v) is 3.14. The number of nitrogens with zero attached hydrogens (tertiary/aromatic N) is 1. The van der Waals surface area contributed by atoms with Crippen LogP contribution in [0, 0.1) is 5.92 Å². The number of hydrogen-bond donors (Lipinski definition) is 1. The standard InChI is InChI=1S/C18H30N2O/c1-15(2)11-19-12-18(14-21-3)20-10-9-17(13-20)16-7-5-4-6-8-16/h4-8,15,17-19H,9-14H2,1-3H3. The second-order valence-corrected chi connectivity index (χ2v) is 6.55.